The van der Waals surface area contributed by atoms with Crippen molar-refractivity contribution in [3.63, 3.8) is 0 Å². The highest BCUT2D eigenvalue weighted by molar-refractivity contribution is 7.90. The lowest BCUT2D eigenvalue weighted by Crippen LogP contribution is -2.09. The highest BCUT2D eigenvalue weighted by Crippen LogP contribution is 2.39. The van der Waals surface area contributed by atoms with E-state index in [0.29, 0.717) is 34.4 Å². The second-order valence-corrected chi connectivity index (χ2v) is 9.63. The molecule has 166 valence electrons. The molecule has 0 spiro atoms. The molecule has 0 unspecified atom stereocenters. The van der Waals surface area contributed by atoms with E-state index < -0.39 is 16.4 Å². The van der Waals surface area contributed by atoms with Gasteiger partial charge < -0.3 is 9.47 Å². The van der Waals surface area contributed by atoms with Crippen LogP contribution in [0.5, 0.6) is 11.6 Å². The SMILES string of the molecule is CCOc1ccc(Cl)c2nc(OC(F)F)c(Cc3ccc(S(C)(=O)=O)cc3Cl)c(C)c12. The molecule has 3 rings (SSSR count). The number of alkyl halides is 2. The Bertz CT molecular complexity index is 1250. The van der Waals surface area contributed by atoms with Crippen LogP contribution in [0.3, 0.4) is 0 Å². The summed E-state index contributed by atoms with van der Waals surface area (Å²) in [5.41, 5.74) is 1.76. The van der Waals surface area contributed by atoms with Crippen LogP contribution in [0.2, 0.25) is 10.0 Å². The van der Waals surface area contributed by atoms with E-state index in [-0.39, 0.29) is 32.8 Å². The number of aromatic nitrogens is 1. The number of hydrogen-bond acceptors (Lipinski definition) is 5. The average molecular weight is 490 g/mol. The largest absolute Gasteiger partial charge is 0.493 e. The number of rotatable bonds is 7. The van der Waals surface area contributed by atoms with Crippen LogP contribution in [0.1, 0.15) is 23.6 Å². The van der Waals surface area contributed by atoms with E-state index in [4.69, 9.17) is 32.7 Å². The van der Waals surface area contributed by atoms with Gasteiger partial charge in [-0.15, -0.1) is 0 Å². The van der Waals surface area contributed by atoms with Gasteiger partial charge in [-0.1, -0.05) is 29.3 Å². The summed E-state index contributed by atoms with van der Waals surface area (Å²) in [5, 5.41) is 1.03. The standard InChI is InChI=1S/C21H19Cl2F2NO4S/c1-4-29-17-8-7-15(22)19-18(17)11(2)14(20(26-19)30-21(24)25)9-12-5-6-13(10-16(12)23)31(3,27)28/h5-8,10,21H,4,9H2,1-3H3. The zero-order valence-corrected chi connectivity index (χ0v) is 19.2. The first-order chi connectivity index (χ1) is 14.5. The maximum Gasteiger partial charge on any atom is 0.388 e. The monoisotopic (exact) mass is 489 g/mol. The second-order valence-electron chi connectivity index (χ2n) is 6.80. The fourth-order valence-corrected chi connectivity index (χ4v) is 4.42. The maximum absolute atomic E-state index is 13.1. The molecule has 2 aromatic carbocycles. The Kier molecular flexibility index (Phi) is 6.93. The first-order valence-corrected chi connectivity index (χ1v) is 11.9. The smallest absolute Gasteiger partial charge is 0.388 e. The zero-order valence-electron chi connectivity index (χ0n) is 16.9. The van der Waals surface area contributed by atoms with Gasteiger partial charge in [0, 0.05) is 28.6 Å². The number of fused-ring (bicyclic) bond motifs is 1. The van der Waals surface area contributed by atoms with Crippen molar-refractivity contribution in [2.45, 2.75) is 31.8 Å². The van der Waals surface area contributed by atoms with Crippen LogP contribution in [-0.2, 0) is 16.3 Å². The van der Waals surface area contributed by atoms with Crippen LogP contribution >= 0.6 is 23.2 Å². The van der Waals surface area contributed by atoms with Crippen LogP contribution < -0.4 is 9.47 Å². The minimum Gasteiger partial charge on any atom is -0.493 e. The van der Waals surface area contributed by atoms with Gasteiger partial charge in [0.2, 0.25) is 5.88 Å². The fraction of sp³-hybridized carbons (Fsp3) is 0.286. The minimum absolute atomic E-state index is 0.0593. The van der Waals surface area contributed by atoms with Crippen LogP contribution in [0.25, 0.3) is 10.9 Å². The molecule has 0 bridgehead atoms. The molecule has 0 fully saturated rings. The lowest BCUT2D eigenvalue weighted by atomic mass is 9.97. The summed E-state index contributed by atoms with van der Waals surface area (Å²) in [7, 11) is -3.44. The van der Waals surface area contributed by atoms with Crippen molar-refractivity contribution in [2.75, 3.05) is 12.9 Å². The van der Waals surface area contributed by atoms with Gasteiger partial charge in [0.15, 0.2) is 9.84 Å². The van der Waals surface area contributed by atoms with Crippen molar-refractivity contribution >= 4 is 43.9 Å². The summed E-state index contributed by atoms with van der Waals surface area (Å²) in [6.45, 7) is 0.844. The van der Waals surface area contributed by atoms with Gasteiger partial charge in [0.25, 0.3) is 0 Å². The highest BCUT2D eigenvalue weighted by atomic mass is 35.5. The summed E-state index contributed by atoms with van der Waals surface area (Å²) in [4.78, 5) is 4.31. The molecule has 1 heterocycles. The van der Waals surface area contributed by atoms with E-state index in [9.17, 15) is 17.2 Å². The number of aryl methyl sites for hydroxylation is 1. The van der Waals surface area contributed by atoms with Gasteiger partial charge in [-0.25, -0.2) is 13.4 Å². The first kappa shape index (κ1) is 23.5. The lowest BCUT2D eigenvalue weighted by molar-refractivity contribution is -0.0532. The molecule has 1 aromatic heterocycles. The third-order valence-electron chi connectivity index (χ3n) is 4.71. The molecule has 0 N–H and O–H groups in total. The van der Waals surface area contributed by atoms with Crippen LogP contribution in [0, 0.1) is 6.92 Å². The number of sulfone groups is 1. The molecule has 0 saturated heterocycles. The third-order valence-corrected chi connectivity index (χ3v) is 6.48. The predicted molar refractivity (Wildman–Crippen MR) is 117 cm³/mol. The molecule has 5 nitrogen and oxygen atoms in total. The van der Waals surface area contributed by atoms with E-state index in [1.54, 1.807) is 19.1 Å². The Morgan fingerprint density at radius 1 is 1.13 bits per heavy atom. The van der Waals surface area contributed by atoms with Crippen LogP contribution in [0.15, 0.2) is 35.2 Å². The van der Waals surface area contributed by atoms with E-state index in [2.05, 4.69) is 4.98 Å². The Morgan fingerprint density at radius 3 is 2.42 bits per heavy atom. The Balaban J connectivity index is 2.22. The zero-order chi connectivity index (χ0) is 22.9. The average Bonchev–Trinajstić information content (AvgIpc) is 2.67. The molecule has 31 heavy (non-hydrogen) atoms. The number of ether oxygens (including phenoxy) is 2. The van der Waals surface area contributed by atoms with Crippen molar-refractivity contribution in [3.05, 3.63) is 57.1 Å². The van der Waals surface area contributed by atoms with Crippen molar-refractivity contribution in [3.8, 4) is 11.6 Å². The molecular formula is C21H19Cl2F2NO4S. The number of nitrogens with zero attached hydrogens (tertiary/aromatic N) is 1. The lowest BCUT2D eigenvalue weighted by Gasteiger charge is -2.18. The molecule has 10 heteroatoms. The molecule has 0 saturated carbocycles. The number of pyridine rings is 1. The quantitative estimate of drug-likeness (QED) is 0.416. The van der Waals surface area contributed by atoms with Crippen molar-refractivity contribution in [1.82, 2.24) is 4.98 Å². The molecule has 0 aliphatic heterocycles. The van der Waals surface area contributed by atoms with Gasteiger partial charge in [-0.3, -0.25) is 0 Å². The van der Waals surface area contributed by atoms with Crippen molar-refractivity contribution in [2.24, 2.45) is 0 Å². The summed E-state index contributed by atoms with van der Waals surface area (Å²) in [6.07, 6.45) is 1.15. The van der Waals surface area contributed by atoms with Gasteiger partial charge in [0.05, 0.1) is 22.0 Å². The Morgan fingerprint density at radius 2 is 1.84 bits per heavy atom. The Labute approximate surface area is 188 Å². The highest BCUT2D eigenvalue weighted by Gasteiger charge is 2.22. The van der Waals surface area contributed by atoms with Crippen molar-refractivity contribution in [1.29, 1.82) is 0 Å². The topological polar surface area (TPSA) is 65.5 Å². The Hall–Kier alpha value is -2.16. The third kappa shape index (κ3) is 5.02. The minimum atomic E-state index is -3.44. The molecular weight excluding hydrogens is 471 g/mol. The van der Waals surface area contributed by atoms with Gasteiger partial charge in [-0.05, 0) is 49.2 Å². The summed E-state index contributed by atoms with van der Waals surface area (Å²) >= 11 is 12.6. The van der Waals surface area contributed by atoms with Gasteiger partial charge in [0.1, 0.15) is 5.75 Å². The molecule has 0 amide bonds. The van der Waals surface area contributed by atoms with Gasteiger partial charge >= 0.3 is 6.61 Å². The molecule has 0 aliphatic rings. The van der Waals surface area contributed by atoms with E-state index in [1.165, 1.54) is 18.2 Å². The van der Waals surface area contributed by atoms with Crippen molar-refractivity contribution < 1.29 is 26.7 Å². The summed E-state index contributed by atoms with van der Waals surface area (Å²) in [6, 6.07) is 7.54. The van der Waals surface area contributed by atoms with E-state index in [1.807, 2.05) is 6.92 Å². The molecule has 0 radical (unpaired) electrons. The normalized spacial score (nSPS) is 11.9. The summed E-state index contributed by atoms with van der Waals surface area (Å²) < 4.78 is 60.1. The molecule has 0 aliphatic carbocycles. The number of benzene rings is 2. The van der Waals surface area contributed by atoms with Gasteiger partial charge in [-0.2, -0.15) is 8.78 Å². The van der Waals surface area contributed by atoms with Crippen LogP contribution in [0.4, 0.5) is 8.78 Å². The van der Waals surface area contributed by atoms with E-state index >= 15 is 0 Å². The first-order valence-electron chi connectivity index (χ1n) is 9.20. The second kappa shape index (κ2) is 9.14. The molecule has 0 atom stereocenters. The summed E-state index contributed by atoms with van der Waals surface area (Å²) in [5.74, 6) is 0.231. The maximum atomic E-state index is 13.1. The fourth-order valence-electron chi connectivity index (χ4n) is 3.26. The van der Waals surface area contributed by atoms with E-state index in [0.717, 1.165) is 6.26 Å². The van der Waals surface area contributed by atoms with Crippen LogP contribution in [-0.4, -0.2) is 32.9 Å². The number of halogens is 4. The molecule has 3 aromatic rings. The predicted octanol–water partition coefficient (Wildman–Crippen LogP) is 5.84. The number of hydrogen-bond donors (Lipinski definition) is 0.